The van der Waals surface area contributed by atoms with Crippen molar-refractivity contribution in [2.75, 3.05) is 17.2 Å². The van der Waals surface area contributed by atoms with Crippen LogP contribution in [0.2, 0.25) is 0 Å². The first-order chi connectivity index (χ1) is 10.1. The number of nitrogens with two attached hydrogens (primary N) is 1. The largest absolute Gasteiger partial charge is 0.368 e. The Labute approximate surface area is 122 Å². The first kappa shape index (κ1) is 14.7. The number of hydrogen-bond acceptors (Lipinski definition) is 6. The van der Waals surface area contributed by atoms with Gasteiger partial charge in [0.25, 0.3) is 5.69 Å². The number of nitrogen functional groups attached to an aromatic ring is 1. The Morgan fingerprint density at radius 3 is 2.76 bits per heavy atom. The fourth-order valence-electron chi connectivity index (χ4n) is 2.23. The van der Waals surface area contributed by atoms with Crippen LogP contribution in [-0.4, -0.2) is 21.4 Å². The summed E-state index contributed by atoms with van der Waals surface area (Å²) in [5.74, 6) is 0.850. The van der Waals surface area contributed by atoms with E-state index >= 15 is 0 Å². The summed E-state index contributed by atoms with van der Waals surface area (Å²) in [5.41, 5.74) is 7.53. The second kappa shape index (κ2) is 6.17. The van der Waals surface area contributed by atoms with E-state index in [4.69, 9.17) is 5.73 Å². The molecule has 1 aromatic heterocycles. The van der Waals surface area contributed by atoms with Crippen LogP contribution in [-0.2, 0) is 6.42 Å². The minimum atomic E-state index is -0.398. The van der Waals surface area contributed by atoms with Crippen LogP contribution in [0, 0.1) is 10.1 Å². The van der Waals surface area contributed by atoms with Gasteiger partial charge in [-0.3, -0.25) is 10.1 Å². The molecule has 0 aliphatic carbocycles. The van der Waals surface area contributed by atoms with Crippen LogP contribution in [0.3, 0.4) is 0 Å². The van der Waals surface area contributed by atoms with Gasteiger partial charge in [0, 0.05) is 24.9 Å². The average Bonchev–Trinajstić information content (AvgIpc) is 2.92. The summed E-state index contributed by atoms with van der Waals surface area (Å²) in [5, 5.41) is 10.8. The van der Waals surface area contributed by atoms with E-state index in [9.17, 15) is 10.1 Å². The highest BCUT2D eigenvalue weighted by molar-refractivity contribution is 5.70. The number of non-ortho nitro benzene ring substituents is 1. The van der Waals surface area contributed by atoms with Crippen LogP contribution in [0.15, 0.2) is 30.5 Å². The monoisotopic (exact) mass is 287 g/mol. The first-order valence-electron chi connectivity index (χ1n) is 6.78. The Morgan fingerprint density at radius 2 is 2.10 bits per heavy atom. The van der Waals surface area contributed by atoms with Crippen LogP contribution in [0.5, 0.6) is 0 Å². The minimum Gasteiger partial charge on any atom is -0.368 e. The van der Waals surface area contributed by atoms with Gasteiger partial charge in [-0.05, 0) is 18.1 Å². The lowest BCUT2D eigenvalue weighted by Gasteiger charge is -2.17. The molecule has 1 aliphatic heterocycles. The van der Waals surface area contributed by atoms with Crippen molar-refractivity contribution in [1.29, 1.82) is 0 Å². The number of nitrogens with zero attached hydrogens (tertiary/aromatic N) is 4. The Bertz CT molecular complexity index is 660. The maximum atomic E-state index is 10.8. The zero-order chi connectivity index (χ0) is 15.4. The van der Waals surface area contributed by atoms with Crippen molar-refractivity contribution in [1.82, 2.24) is 9.97 Å². The highest BCUT2D eigenvalue weighted by Gasteiger charge is 2.24. The summed E-state index contributed by atoms with van der Waals surface area (Å²) >= 11 is 0. The predicted octanol–water partition coefficient (Wildman–Crippen LogP) is 2.69. The van der Waals surface area contributed by atoms with Crippen molar-refractivity contribution >= 4 is 23.1 Å². The summed E-state index contributed by atoms with van der Waals surface area (Å²) in [6.45, 7) is 4.73. The van der Waals surface area contributed by atoms with E-state index in [2.05, 4.69) is 9.97 Å². The predicted molar refractivity (Wildman–Crippen MR) is 81.6 cm³/mol. The van der Waals surface area contributed by atoms with Crippen molar-refractivity contribution in [2.45, 2.75) is 20.3 Å². The molecule has 7 nitrogen and oxygen atoms in total. The minimum absolute atomic E-state index is 0.0766. The van der Waals surface area contributed by atoms with Gasteiger partial charge in [0.05, 0.1) is 10.6 Å². The molecule has 0 amide bonds. The number of rotatable bonds is 2. The number of nitro benzene ring substituents is 1. The number of fused-ring (bicyclic) bond motifs is 1. The van der Waals surface area contributed by atoms with Crippen LogP contribution in [0.4, 0.5) is 23.1 Å². The Morgan fingerprint density at radius 1 is 1.33 bits per heavy atom. The quantitative estimate of drug-likeness (QED) is 0.673. The summed E-state index contributed by atoms with van der Waals surface area (Å²) in [7, 11) is 0. The summed E-state index contributed by atoms with van der Waals surface area (Å²) in [6.07, 6.45) is 2.41. The van der Waals surface area contributed by atoms with Crippen molar-refractivity contribution < 1.29 is 4.92 Å². The van der Waals surface area contributed by atoms with Crippen molar-refractivity contribution in [3.05, 3.63) is 46.1 Å². The van der Waals surface area contributed by atoms with Gasteiger partial charge in [-0.1, -0.05) is 19.9 Å². The Balaban J connectivity index is 0.000000774. The van der Waals surface area contributed by atoms with Gasteiger partial charge in [0.2, 0.25) is 5.95 Å². The summed E-state index contributed by atoms with van der Waals surface area (Å²) in [6, 6.07) is 6.62. The standard InChI is InChI=1S/C12H11N5O2.C2H6/c13-12-14-5-3-11(15-12)16-6-4-8-1-2-9(17(18)19)7-10(8)16;1-2/h1-3,5,7H,4,6H2,(H2,13,14,15);1-2H3. The molecule has 21 heavy (non-hydrogen) atoms. The lowest BCUT2D eigenvalue weighted by Crippen LogP contribution is -2.15. The van der Waals surface area contributed by atoms with Crippen molar-refractivity contribution in [2.24, 2.45) is 0 Å². The zero-order valence-corrected chi connectivity index (χ0v) is 12.0. The first-order valence-corrected chi connectivity index (χ1v) is 6.78. The molecule has 0 saturated carbocycles. The topological polar surface area (TPSA) is 98.2 Å². The highest BCUT2D eigenvalue weighted by Crippen LogP contribution is 2.35. The van der Waals surface area contributed by atoms with Gasteiger partial charge >= 0.3 is 0 Å². The number of aromatic nitrogens is 2. The maximum absolute atomic E-state index is 10.8. The molecule has 3 rings (SSSR count). The van der Waals surface area contributed by atoms with E-state index in [1.54, 1.807) is 24.4 Å². The van der Waals surface area contributed by atoms with E-state index < -0.39 is 4.92 Å². The van der Waals surface area contributed by atoms with E-state index in [-0.39, 0.29) is 11.6 Å². The van der Waals surface area contributed by atoms with Gasteiger partial charge < -0.3 is 10.6 Å². The Kier molecular flexibility index (Phi) is 4.32. The van der Waals surface area contributed by atoms with E-state index in [1.807, 2.05) is 18.7 Å². The van der Waals surface area contributed by atoms with Gasteiger partial charge in [0.15, 0.2) is 0 Å². The van der Waals surface area contributed by atoms with E-state index in [0.29, 0.717) is 5.82 Å². The molecule has 0 fully saturated rings. The van der Waals surface area contributed by atoms with Crippen molar-refractivity contribution in [3.63, 3.8) is 0 Å². The van der Waals surface area contributed by atoms with Gasteiger partial charge in [-0.25, -0.2) is 4.98 Å². The second-order valence-electron chi connectivity index (χ2n) is 4.24. The van der Waals surface area contributed by atoms with Crippen LogP contribution in [0.1, 0.15) is 19.4 Å². The van der Waals surface area contributed by atoms with Crippen molar-refractivity contribution in [3.8, 4) is 0 Å². The molecule has 0 bridgehead atoms. The van der Waals surface area contributed by atoms with E-state index in [0.717, 1.165) is 24.2 Å². The zero-order valence-electron chi connectivity index (χ0n) is 12.0. The molecule has 0 radical (unpaired) electrons. The molecular weight excluding hydrogens is 270 g/mol. The van der Waals surface area contributed by atoms with Gasteiger partial charge in [-0.2, -0.15) is 4.98 Å². The third-order valence-corrected chi connectivity index (χ3v) is 3.11. The molecule has 7 heteroatoms. The smallest absolute Gasteiger partial charge is 0.271 e. The normalized spacial score (nSPS) is 12.4. The van der Waals surface area contributed by atoms with Crippen LogP contribution < -0.4 is 10.6 Å². The van der Waals surface area contributed by atoms with Crippen LogP contribution in [0.25, 0.3) is 0 Å². The summed E-state index contributed by atoms with van der Waals surface area (Å²) in [4.78, 5) is 20.4. The van der Waals surface area contributed by atoms with Crippen LogP contribution >= 0.6 is 0 Å². The fraction of sp³-hybridized carbons (Fsp3) is 0.286. The molecule has 0 saturated heterocycles. The molecule has 2 N–H and O–H groups in total. The number of nitro groups is 1. The lowest BCUT2D eigenvalue weighted by atomic mass is 10.1. The number of hydrogen-bond donors (Lipinski definition) is 1. The fourth-order valence-corrected chi connectivity index (χ4v) is 2.23. The molecular formula is C14H17N5O2. The lowest BCUT2D eigenvalue weighted by molar-refractivity contribution is -0.384. The molecule has 0 unspecified atom stereocenters. The molecule has 2 heterocycles. The van der Waals surface area contributed by atoms with E-state index in [1.165, 1.54) is 6.07 Å². The molecule has 0 spiro atoms. The highest BCUT2D eigenvalue weighted by atomic mass is 16.6. The van der Waals surface area contributed by atoms with Gasteiger partial charge in [-0.15, -0.1) is 0 Å². The molecule has 1 aliphatic rings. The Hall–Kier alpha value is -2.70. The van der Waals surface area contributed by atoms with Gasteiger partial charge in [0.1, 0.15) is 5.82 Å². The molecule has 110 valence electrons. The molecule has 0 atom stereocenters. The third-order valence-electron chi connectivity index (χ3n) is 3.11. The molecule has 1 aromatic carbocycles. The SMILES string of the molecule is CC.Nc1nccc(N2CCc3ccc([N+](=O)[O-])cc32)n1. The maximum Gasteiger partial charge on any atom is 0.271 e. The molecule has 2 aromatic rings. The third kappa shape index (κ3) is 2.91. The second-order valence-corrected chi connectivity index (χ2v) is 4.24. The number of benzene rings is 1. The average molecular weight is 287 g/mol. The summed E-state index contributed by atoms with van der Waals surface area (Å²) < 4.78 is 0. The number of anilines is 3.